The standard InChI is InChI=1S/C16H13N3O4S2/c17-13(20)9-25-11-5-2-1-4-10(11)16(21)22-8-14-18-15(19-23-14)12-6-3-7-24-12/h1-7H,8-9H2,(H2,17,20). The Kier molecular flexibility index (Phi) is 5.46. The predicted molar refractivity (Wildman–Crippen MR) is 93.1 cm³/mol. The third-order valence-electron chi connectivity index (χ3n) is 3.01. The largest absolute Gasteiger partial charge is 0.452 e. The Morgan fingerprint density at radius 1 is 1.24 bits per heavy atom. The predicted octanol–water partition coefficient (Wildman–Crippen LogP) is 2.73. The maximum absolute atomic E-state index is 12.3. The number of esters is 1. The van der Waals surface area contributed by atoms with E-state index in [1.54, 1.807) is 24.3 Å². The zero-order chi connectivity index (χ0) is 17.6. The molecule has 0 aliphatic heterocycles. The van der Waals surface area contributed by atoms with Crippen LogP contribution in [0.15, 0.2) is 51.2 Å². The topological polar surface area (TPSA) is 108 Å². The Labute approximate surface area is 151 Å². The molecule has 3 aromatic rings. The minimum Gasteiger partial charge on any atom is -0.452 e. The summed E-state index contributed by atoms with van der Waals surface area (Å²) in [6.45, 7) is -0.133. The molecule has 0 unspecified atom stereocenters. The first-order chi connectivity index (χ1) is 12.1. The summed E-state index contributed by atoms with van der Waals surface area (Å²) in [5.41, 5.74) is 5.49. The SMILES string of the molecule is NC(=O)CSc1ccccc1C(=O)OCc1nc(-c2cccs2)no1. The van der Waals surface area contributed by atoms with Crippen molar-refractivity contribution in [3.63, 3.8) is 0 Å². The fourth-order valence-corrected chi connectivity index (χ4v) is 3.36. The van der Waals surface area contributed by atoms with Crippen LogP contribution < -0.4 is 5.73 Å². The summed E-state index contributed by atoms with van der Waals surface area (Å²) >= 11 is 2.67. The van der Waals surface area contributed by atoms with Gasteiger partial charge >= 0.3 is 5.97 Å². The lowest BCUT2D eigenvalue weighted by Crippen LogP contribution is -2.14. The summed E-state index contributed by atoms with van der Waals surface area (Å²) in [6.07, 6.45) is 0. The number of rotatable bonds is 7. The van der Waals surface area contributed by atoms with Gasteiger partial charge in [0.1, 0.15) is 0 Å². The van der Waals surface area contributed by atoms with Crippen LogP contribution in [0.1, 0.15) is 16.2 Å². The number of nitrogens with two attached hydrogens (primary N) is 1. The van der Waals surface area contributed by atoms with Gasteiger partial charge in [-0.2, -0.15) is 4.98 Å². The number of hydrogen-bond acceptors (Lipinski definition) is 8. The molecule has 2 N–H and O–H groups in total. The summed E-state index contributed by atoms with van der Waals surface area (Å²) in [5.74, 6) is -0.251. The molecule has 1 aromatic carbocycles. The molecule has 0 bridgehead atoms. The van der Waals surface area contributed by atoms with Gasteiger partial charge in [-0.15, -0.1) is 23.1 Å². The van der Waals surface area contributed by atoms with Crippen LogP contribution >= 0.6 is 23.1 Å². The molecule has 0 saturated carbocycles. The molecule has 0 atom stereocenters. The first-order valence-electron chi connectivity index (χ1n) is 7.17. The molecule has 0 spiro atoms. The van der Waals surface area contributed by atoms with Gasteiger partial charge in [0.2, 0.25) is 11.7 Å². The highest BCUT2D eigenvalue weighted by Crippen LogP contribution is 2.24. The number of benzene rings is 1. The van der Waals surface area contributed by atoms with Crippen molar-refractivity contribution in [2.24, 2.45) is 5.73 Å². The Balaban J connectivity index is 1.64. The fourth-order valence-electron chi connectivity index (χ4n) is 1.93. The van der Waals surface area contributed by atoms with Crippen LogP contribution in [0.5, 0.6) is 0 Å². The van der Waals surface area contributed by atoms with Crippen LogP contribution in [-0.4, -0.2) is 27.8 Å². The minimum atomic E-state index is -0.538. The van der Waals surface area contributed by atoms with E-state index in [1.165, 1.54) is 23.1 Å². The highest BCUT2D eigenvalue weighted by Gasteiger charge is 2.16. The van der Waals surface area contributed by atoms with E-state index in [2.05, 4.69) is 10.1 Å². The molecule has 2 aromatic heterocycles. The molecule has 3 rings (SSSR count). The Hall–Kier alpha value is -2.65. The van der Waals surface area contributed by atoms with Crippen molar-refractivity contribution in [3.8, 4) is 10.7 Å². The number of thiophene rings is 1. The minimum absolute atomic E-state index is 0.0815. The summed E-state index contributed by atoms with van der Waals surface area (Å²) in [5, 5.41) is 5.76. The zero-order valence-corrected chi connectivity index (χ0v) is 14.5. The van der Waals surface area contributed by atoms with Crippen LogP contribution in [0.3, 0.4) is 0 Å². The summed E-state index contributed by atoms with van der Waals surface area (Å²) in [7, 11) is 0. The second-order valence-electron chi connectivity index (χ2n) is 4.82. The molecule has 0 aliphatic carbocycles. The summed E-state index contributed by atoms with van der Waals surface area (Å²) < 4.78 is 10.3. The average molecular weight is 375 g/mol. The van der Waals surface area contributed by atoms with Gasteiger partial charge in [0.25, 0.3) is 5.89 Å². The molecular weight excluding hydrogens is 362 g/mol. The van der Waals surface area contributed by atoms with E-state index in [0.29, 0.717) is 16.3 Å². The molecule has 9 heteroatoms. The van der Waals surface area contributed by atoms with Crippen molar-refractivity contribution in [1.29, 1.82) is 0 Å². The molecular formula is C16H13N3O4S2. The number of nitrogens with zero attached hydrogens (tertiary/aromatic N) is 2. The van der Waals surface area contributed by atoms with Crippen molar-refractivity contribution >= 4 is 35.0 Å². The lowest BCUT2D eigenvalue weighted by atomic mass is 10.2. The van der Waals surface area contributed by atoms with Crippen molar-refractivity contribution in [1.82, 2.24) is 10.1 Å². The van der Waals surface area contributed by atoms with Gasteiger partial charge in [-0.1, -0.05) is 23.4 Å². The quantitative estimate of drug-likeness (QED) is 0.499. The number of primary amides is 1. The van der Waals surface area contributed by atoms with E-state index in [1.807, 2.05) is 17.5 Å². The number of amides is 1. The van der Waals surface area contributed by atoms with Crippen molar-refractivity contribution < 1.29 is 18.8 Å². The third-order valence-corrected chi connectivity index (χ3v) is 4.97. The maximum Gasteiger partial charge on any atom is 0.339 e. The van der Waals surface area contributed by atoms with E-state index in [0.717, 1.165) is 4.88 Å². The Morgan fingerprint density at radius 3 is 2.84 bits per heavy atom. The van der Waals surface area contributed by atoms with Gasteiger partial charge in [-0.25, -0.2) is 4.79 Å². The zero-order valence-electron chi connectivity index (χ0n) is 12.9. The van der Waals surface area contributed by atoms with Gasteiger partial charge in [0.05, 0.1) is 16.2 Å². The molecule has 2 heterocycles. The van der Waals surface area contributed by atoms with Crippen LogP contribution in [0.25, 0.3) is 10.7 Å². The number of hydrogen-bond donors (Lipinski definition) is 1. The maximum atomic E-state index is 12.3. The first-order valence-corrected chi connectivity index (χ1v) is 9.03. The van der Waals surface area contributed by atoms with Crippen LogP contribution in [-0.2, 0) is 16.1 Å². The number of aromatic nitrogens is 2. The number of thioether (sulfide) groups is 1. The van der Waals surface area contributed by atoms with Gasteiger partial charge < -0.3 is 15.0 Å². The second-order valence-corrected chi connectivity index (χ2v) is 6.78. The molecule has 0 radical (unpaired) electrons. The fraction of sp³-hybridized carbons (Fsp3) is 0.125. The van der Waals surface area contributed by atoms with E-state index < -0.39 is 11.9 Å². The molecule has 128 valence electrons. The van der Waals surface area contributed by atoms with Gasteiger partial charge in [-0.3, -0.25) is 4.79 Å². The van der Waals surface area contributed by atoms with Crippen molar-refractivity contribution in [2.75, 3.05) is 5.75 Å². The smallest absolute Gasteiger partial charge is 0.339 e. The van der Waals surface area contributed by atoms with Crippen molar-refractivity contribution in [3.05, 3.63) is 53.2 Å². The lowest BCUT2D eigenvalue weighted by Gasteiger charge is -2.07. The number of carbonyl (C=O) groups is 2. The normalized spacial score (nSPS) is 10.6. The Morgan fingerprint density at radius 2 is 2.08 bits per heavy atom. The number of carbonyl (C=O) groups excluding carboxylic acids is 2. The van der Waals surface area contributed by atoms with E-state index in [-0.39, 0.29) is 18.3 Å². The molecule has 25 heavy (non-hydrogen) atoms. The van der Waals surface area contributed by atoms with Crippen molar-refractivity contribution in [2.45, 2.75) is 11.5 Å². The molecule has 0 aliphatic rings. The van der Waals surface area contributed by atoms with E-state index >= 15 is 0 Å². The molecule has 1 amide bonds. The highest BCUT2D eigenvalue weighted by molar-refractivity contribution is 8.00. The Bertz CT molecular complexity index is 877. The molecule has 7 nitrogen and oxygen atoms in total. The average Bonchev–Trinajstić information content (AvgIpc) is 3.29. The van der Waals surface area contributed by atoms with Crippen LogP contribution in [0.2, 0.25) is 0 Å². The first kappa shape index (κ1) is 17.2. The summed E-state index contributed by atoms with van der Waals surface area (Å²) in [6, 6.07) is 10.6. The molecule has 0 fully saturated rings. The van der Waals surface area contributed by atoms with Gasteiger partial charge in [0, 0.05) is 4.90 Å². The number of ether oxygens (including phenoxy) is 1. The lowest BCUT2D eigenvalue weighted by molar-refractivity contribution is -0.115. The van der Waals surface area contributed by atoms with E-state index in [9.17, 15) is 9.59 Å². The van der Waals surface area contributed by atoms with Crippen LogP contribution in [0, 0.1) is 0 Å². The monoisotopic (exact) mass is 375 g/mol. The van der Waals surface area contributed by atoms with E-state index in [4.69, 9.17) is 15.0 Å². The molecule has 0 saturated heterocycles. The second kappa shape index (κ2) is 7.95. The van der Waals surface area contributed by atoms with Gasteiger partial charge in [-0.05, 0) is 23.6 Å². The summed E-state index contributed by atoms with van der Waals surface area (Å²) in [4.78, 5) is 28.9. The highest BCUT2D eigenvalue weighted by atomic mass is 32.2. The third kappa shape index (κ3) is 4.46. The van der Waals surface area contributed by atoms with Gasteiger partial charge in [0.15, 0.2) is 6.61 Å². The van der Waals surface area contributed by atoms with Crippen LogP contribution in [0.4, 0.5) is 0 Å².